The molecule has 0 fully saturated rings. The van der Waals surface area contributed by atoms with E-state index in [0.717, 1.165) is 21.1 Å². The Morgan fingerprint density at radius 1 is 1.45 bits per heavy atom. The van der Waals surface area contributed by atoms with Crippen molar-refractivity contribution in [1.29, 1.82) is 0 Å². The lowest BCUT2D eigenvalue weighted by molar-refractivity contribution is 0.878. The van der Waals surface area contributed by atoms with Crippen molar-refractivity contribution in [1.82, 2.24) is 9.97 Å². The second-order valence-electron chi connectivity index (χ2n) is 4.82. The van der Waals surface area contributed by atoms with Crippen LogP contribution in [-0.4, -0.2) is 32.0 Å². The van der Waals surface area contributed by atoms with Gasteiger partial charge in [-0.2, -0.15) is 0 Å². The number of aromatic nitrogens is 2. The summed E-state index contributed by atoms with van der Waals surface area (Å²) in [7, 11) is 0. The molecule has 1 aliphatic rings. The summed E-state index contributed by atoms with van der Waals surface area (Å²) in [6, 6.07) is 1.93. The van der Waals surface area contributed by atoms with Crippen LogP contribution in [0.5, 0.6) is 0 Å². The van der Waals surface area contributed by atoms with E-state index < -0.39 is 6.17 Å². The quantitative estimate of drug-likeness (QED) is 0.575. The van der Waals surface area contributed by atoms with E-state index in [9.17, 15) is 0 Å². The van der Waals surface area contributed by atoms with Crippen LogP contribution in [0.2, 0.25) is 5.15 Å². The van der Waals surface area contributed by atoms with Gasteiger partial charge in [0.2, 0.25) is 0 Å². The third kappa shape index (κ3) is 2.72. The SMILES string of the molecule is CC(C1=NC(N)C(=S)C(Cl)=N1)c1cc2c(Br)c[nH]c2c(Cl)n1. The molecule has 3 N–H and O–H groups in total. The number of nitrogens with one attached hydrogen (secondary N) is 1. The van der Waals surface area contributed by atoms with Gasteiger partial charge in [0.15, 0.2) is 5.15 Å². The molecule has 2 atom stereocenters. The highest BCUT2D eigenvalue weighted by atomic mass is 79.9. The summed E-state index contributed by atoms with van der Waals surface area (Å²) >= 11 is 20.8. The first kappa shape index (κ1) is 16.0. The number of aromatic amines is 1. The van der Waals surface area contributed by atoms with Gasteiger partial charge in [-0.3, -0.25) is 0 Å². The number of halogens is 3. The van der Waals surface area contributed by atoms with Crippen LogP contribution in [0.25, 0.3) is 10.9 Å². The molecule has 0 aromatic carbocycles. The fraction of sp³-hybridized carbons (Fsp3) is 0.231. The molecule has 22 heavy (non-hydrogen) atoms. The van der Waals surface area contributed by atoms with E-state index in [1.807, 2.05) is 19.2 Å². The van der Waals surface area contributed by atoms with E-state index in [2.05, 4.69) is 35.9 Å². The number of hydrogen-bond donors (Lipinski definition) is 2. The predicted molar refractivity (Wildman–Crippen MR) is 98.5 cm³/mol. The van der Waals surface area contributed by atoms with Gasteiger partial charge >= 0.3 is 0 Å². The molecule has 1 aliphatic heterocycles. The fourth-order valence-electron chi connectivity index (χ4n) is 2.14. The number of amidine groups is 1. The average molecular weight is 419 g/mol. The highest BCUT2D eigenvalue weighted by Gasteiger charge is 2.25. The maximum absolute atomic E-state index is 6.23. The van der Waals surface area contributed by atoms with Gasteiger partial charge in [-0.15, -0.1) is 0 Å². The molecule has 0 saturated carbocycles. The van der Waals surface area contributed by atoms with Gasteiger partial charge in [-0.25, -0.2) is 15.0 Å². The third-order valence-corrected chi connectivity index (χ3v) is 5.15. The van der Waals surface area contributed by atoms with Gasteiger partial charge < -0.3 is 10.7 Å². The fourth-order valence-corrected chi connectivity index (χ4v) is 3.12. The van der Waals surface area contributed by atoms with Crippen LogP contribution < -0.4 is 5.73 Å². The van der Waals surface area contributed by atoms with E-state index in [0.29, 0.717) is 15.9 Å². The number of hydrogen-bond acceptors (Lipinski definition) is 5. The van der Waals surface area contributed by atoms with E-state index in [1.165, 1.54) is 0 Å². The zero-order valence-corrected chi connectivity index (χ0v) is 15.2. The third-order valence-electron chi connectivity index (χ3n) is 3.38. The molecule has 9 heteroatoms. The highest BCUT2D eigenvalue weighted by Crippen LogP contribution is 2.31. The van der Waals surface area contributed by atoms with Crippen LogP contribution in [0.4, 0.5) is 0 Å². The number of thiocarbonyl (C=S) groups is 1. The summed E-state index contributed by atoms with van der Waals surface area (Å²) in [5.74, 6) is 0.271. The van der Waals surface area contributed by atoms with Crippen molar-refractivity contribution in [3.8, 4) is 0 Å². The van der Waals surface area contributed by atoms with Crippen molar-refractivity contribution in [2.75, 3.05) is 0 Å². The zero-order valence-electron chi connectivity index (χ0n) is 11.3. The van der Waals surface area contributed by atoms with Crippen LogP contribution in [0.15, 0.2) is 26.7 Å². The van der Waals surface area contributed by atoms with Crippen molar-refractivity contribution >= 4 is 78.1 Å². The van der Waals surface area contributed by atoms with Gasteiger partial charge in [0.05, 0.1) is 22.0 Å². The first-order valence-electron chi connectivity index (χ1n) is 6.33. The maximum Gasteiger partial charge on any atom is 0.153 e. The average Bonchev–Trinajstić information content (AvgIpc) is 2.85. The molecule has 0 spiro atoms. The van der Waals surface area contributed by atoms with Crippen LogP contribution in [0.1, 0.15) is 18.5 Å². The summed E-state index contributed by atoms with van der Waals surface area (Å²) in [5, 5.41) is 1.53. The largest absolute Gasteiger partial charge is 0.358 e. The summed E-state index contributed by atoms with van der Waals surface area (Å²) < 4.78 is 0.908. The van der Waals surface area contributed by atoms with Crippen LogP contribution in [-0.2, 0) is 0 Å². The lowest BCUT2D eigenvalue weighted by Gasteiger charge is -2.19. The predicted octanol–water partition coefficient (Wildman–Crippen LogP) is 3.79. The first-order chi connectivity index (χ1) is 10.4. The number of H-pyrrole nitrogens is 1. The van der Waals surface area contributed by atoms with Gasteiger partial charge in [0, 0.05) is 16.1 Å². The maximum atomic E-state index is 6.23. The standard InChI is InChI=1S/C13H10BrCl2N5S/c1-4(13-20-11(16)9(22)12(17)21-13)7-2-5-6(14)3-18-8(5)10(15)19-7/h2-4,12,18H,17H2,1H3. The van der Waals surface area contributed by atoms with Crippen molar-refractivity contribution in [3.05, 3.63) is 27.6 Å². The van der Waals surface area contributed by atoms with E-state index in [-0.39, 0.29) is 11.1 Å². The molecule has 2 aromatic rings. The van der Waals surface area contributed by atoms with Gasteiger partial charge in [-0.05, 0) is 28.9 Å². The molecular weight excluding hydrogens is 409 g/mol. The van der Waals surface area contributed by atoms with E-state index in [4.69, 9.17) is 41.2 Å². The molecule has 0 bridgehead atoms. The molecule has 3 heterocycles. The van der Waals surface area contributed by atoms with E-state index >= 15 is 0 Å². The van der Waals surface area contributed by atoms with Crippen LogP contribution in [0, 0.1) is 0 Å². The molecule has 0 radical (unpaired) electrons. The Balaban J connectivity index is 2.06. The van der Waals surface area contributed by atoms with Gasteiger partial charge in [0.25, 0.3) is 0 Å². The summed E-state index contributed by atoms with van der Waals surface area (Å²) in [5.41, 5.74) is 7.35. The molecule has 2 aromatic heterocycles. The Kier molecular flexibility index (Phi) is 4.35. The summed E-state index contributed by atoms with van der Waals surface area (Å²) in [6.45, 7) is 1.92. The smallest absolute Gasteiger partial charge is 0.153 e. The lowest BCUT2D eigenvalue weighted by Crippen LogP contribution is -2.36. The number of rotatable bonds is 2. The highest BCUT2D eigenvalue weighted by molar-refractivity contribution is 9.10. The molecular formula is C13H10BrCl2N5S. The Labute approximate surface area is 150 Å². The Morgan fingerprint density at radius 3 is 2.86 bits per heavy atom. The van der Waals surface area contributed by atoms with Crippen LogP contribution in [0.3, 0.4) is 0 Å². The second-order valence-corrected chi connectivity index (χ2v) is 6.83. The lowest BCUT2D eigenvalue weighted by atomic mass is 10.0. The van der Waals surface area contributed by atoms with Gasteiger partial charge in [0.1, 0.15) is 17.2 Å². The normalized spacial score (nSPS) is 20.0. The molecule has 0 aliphatic carbocycles. The monoisotopic (exact) mass is 417 g/mol. The summed E-state index contributed by atoms with van der Waals surface area (Å²) in [4.78, 5) is 16.3. The topological polar surface area (TPSA) is 79.4 Å². The molecule has 0 amide bonds. The molecule has 2 unspecified atom stereocenters. The number of nitrogens with two attached hydrogens (primary N) is 1. The van der Waals surface area contributed by atoms with Crippen molar-refractivity contribution in [3.63, 3.8) is 0 Å². The van der Waals surface area contributed by atoms with E-state index in [1.54, 1.807) is 0 Å². The van der Waals surface area contributed by atoms with Crippen molar-refractivity contribution < 1.29 is 0 Å². The Bertz CT molecular complexity index is 844. The molecule has 114 valence electrons. The van der Waals surface area contributed by atoms with Crippen molar-refractivity contribution in [2.24, 2.45) is 15.7 Å². The minimum Gasteiger partial charge on any atom is -0.358 e. The molecule has 5 nitrogen and oxygen atoms in total. The minimum atomic E-state index is -0.657. The second kappa shape index (κ2) is 5.98. The molecule has 0 saturated heterocycles. The molecule has 3 rings (SSSR count). The number of aliphatic imine (C=N–C) groups is 2. The Hall–Kier alpha value is -0.860. The summed E-state index contributed by atoms with van der Waals surface area (Å²) in [6.07, 6.45) is 1.16. The van der Waals surface area contributed by atoms with Crippen LogP contribution >= 0.6 is 51.3 Å². The van der Waals surface area contributed by atoms with Crippen molar-refractivity contribution in [2.45, 2.75) is 19.0 Å². The number of fused-ring (bicyclic) bond motifs is 1. The first-order valence-corrected chi connectivity index (χ1v) is 8.29. The Morgan fingerprint density at radius 2 is 2.18 bits per heavy atom. The zero-order chi connectivity index (χ0) is 16.0. The number of pyridine rings is 1. The van der Waals surface area contributed by atoms with Gasteiger partial charge in [-0.1, -0.05) is 35.4 Å². The number of nitrogens with zero attached hydrogens (tertiary/aromatic N) is 3. The minimum absolute atomic E-state index is 0.203.